The van der Waals surface area contributed by atoms with Crippen LogP contribution < -0.4 is 0 Å². The molecule has 2 aliphatic rings. The minimum Gasteiger partial charge on any atom is -0.480 e. The Labute approximate surface area is 156 Å². The van der Waals surface area contributed by atoms with Crippen molar-refractivity contribution < 1.29 is 39.6 Å². The Kier molecular flexibility index (Phi) is 7.15. The maximum Gasteiger partial charge on any atom is 0.329 e. The maximum absolute atomic E-state index is 12.1. The zero-order chi connectivity index (χ0) is 19.4. The molecular weight excluding hydrogens is 388 g/mol. The summed E-state index contributed by atoms with van der Waals surface area (Å²) >= 11 is 0. The topological polar surface area (TPSA) is 156 Å². The number of aliphatic hydroxyl groups is 2. The van der Waals surface area contributed by atoms with Crippen LogP contribution in [0.2, 0.25) is 0 Å². The Morgan fingerprint density at radius 2 is 1.12 bits per heavy atom. The van der Waals surface area contributed by atoms with Crippen molar-refractivity contribution in [2.24, 2.45) is 0 Å². The van der Waals surface area contributed by atoms with E-state index in [2.05, 4.69) is 0 Å². The SMILES string of the molecule is O=C(O)[C@@H]1C(O)CCN1C(=O)CSSCC(=O)N1CCC(O)[C@H]1C(=O)O. The van der Waals surface area contributed by atoms with Gasteiger partial charge in [-0.3, -0.25) is 9.59 Å². The lowest BCUT2D eigenvalue weighted by molar-refractivity contribution is -0.150. The highest BCUT2D eigenvalue weighted by molar-refractivity contribution is 8.77. The smallest absolute Gasteiger partial charge is 0.329 e. The second kappa shape index (κ2) is 8.93. The van der Waals surface area contributed by atoms with E-state index in [4.69, 9.17) is 10.2 Å². The number of aliphatic hydroxyl groups excluding tert-OH is 2. The maximum atomic E-state index is 12.1. The van der Waals surface area contributed by atoms with Crippen LogP contribution in [0.15, 0.2) is 0 Å². The lowest BCUT2D eigenvalue weighted by atomic mass is 10.2. The van der Waals surface area contributed by atoms with Crippen LogP contribution >= 0.6 is 21.6 Å². The first-order valence-corrected chi connectivity index (χ1v) is 10.4. The van der Waals surface area contributed by atoms with Crippen molar-refractivity contribution in [2.75, 3.05) is 24.6 Å². The van der Waals surface area contributed by atoms with E-state index in [9.17, 15) is 29.4 Å². The Bertz CT molecular complexity index is 539. The molecule has 4 atom stereocenters. The summed E-state index contributed by atoms with van der Waals surface area (Å²) in [6.07, 6.45) is -1.78. The summed E-state index contributed by atoms with van der Waals surface area (Å²) in [7, 11) is 2.11. The van der Waals surface area contributed by atoms with Crippen LogP contribution in [0.3, 0.4) is 0 Å². The third-order valence-electron chi connectivity index (χ3n) is 4.33. The minimum atomic E-state index is -1.26. The van der Waals surface area contributed by atoms with E-state index in [1.54, 1.807) is 0 Å². The first-order chi connectivity index (χ1) is 12.2. The summed E-state index contributed by atoms with van der Waals surface area (Å²) in [4.78, 5) is 48.7. The molecule has 2 saturated heterocycles. The number of carbonyl (C=O) groups excluding carboxylic acids is 2. The van der Waals surface area contributed by atoms with Crippen LogP contribution in [0.5, 0.6) is 0 Å². The normalized spacial score (nSPS) is 28.4. The number of carbonyl (C=O) groups is 4. The molecule has 0 radical (unpaired) electrons. The van der Waals surface area contributed by atoms with Gasteiger partial charge in [0.05, 0.1) is 23.7 Å². The van der Waals surface area contributed by atoms with Crippen molar-refractivity contribution in [2.45, 2.75) is 37.1 Å². The van der Waals surface area contributed by atoms with Gasteiger partial charge in [-0.2, -0.15) is 0 Å². The molecule has 0 aromatic carbocycles. The summed E-state index contributed by atoms with van der Waals surface area (Å²) in [5.74, 6) is -3.55. The third kappa shape index (κ3) is 4.61. The van der Waals surface area contributed by atoms with Crippen molar-refractivity contribution in [3.8, 4) is 0 Å². The highest BCUT2D eigenvalue weighted by Crippen LogP contribution is 2.27. The van der Waals surface area contributed by atoms with Crippen LogP contribution in [-0.4, -0.2) is 103 Å². The molecule has 0 aliphatic carbocycles. The van der Waals surface area contributed by atoms with Crippen molar-refractivity contribution in [1.82, 2.24) is 9.80 Å². The average Bonchev–Trinajstić information content (AvgIpc) is 3.14. The van der Waals surface area contributed by atoms with Gasteiger partial charge in [0.25, 0.3) is 0 Å². The molecular formula is C14H20N2O8S2. The standard InChI is InChI=1S/C14H20N2O8S2/c17-7-1-3-15(11(7)13(21)22)9(19)5-25-26-6-10(20)16-4-2-8(18)12(16)14(23)24/h7-8,11-12,17-18H,1-6H2,(H,21,22)(H,23,24)/t7?,8?,11-,12-/m0/s1. The van der Waals surface area contributed by atoms with Crippen molar-refractivity contribution in [1.29, 1.82) is 0 Å². The molecule has 2 aliphatic heterocycles. The molecule has 0 bridgehead atoms. The number of hydrogen-bond donors (Lipinski definition) is 4. The van der Waals surface area contributed by atoms with Crippen LogP contribution in [-0.2, 0) is 19.2 Å². The molecule has 2 heterocycles. The van der Waals surface area contributed by atoms with Crippen molar-refractivity contribution >= 4 is 45.3 Å². The van der Waals surface area contributed by atoms with Gasteiger partial charge in [-0.1, -0.05) is 21.6 Å². The molecule has 0 aromatic rings. The Balaban J connectivity index is 1.76. The fourth-order valence-electron chi connectivity index (χ4n) is 3.06. The molecule has 4 N–H and O–H groups in total. The first kappa shape index (κ1) is 20.8. The number of nitrogens with zero attached hydrogens (tertiary/aromatic N) is 2. The number of aliphatic carboxylic acids is 2. The fourth-order valence-corrected chi connectivity index (χ4v) is 4.86. The van der Waals surface area contributed by atoms with Crippen molar-refractivity contribution in [3.05, 3.63) is 0 Å². The second-order valence-corrected chi connectivity index (χ2v) is 8.44. The molecule has 0 saturated carbocycles. The minimum absolute atomic E-state index is 0.0700. The van der Waals surface area contributed by atoms with Gasteiger partial charge in [-0.25, -0.2) is 9.59 Å². The predicted molar refractivity (Wildman–Crippen MR) is 92.4 cm³/mol. The average molecular weight is 408 g/mol. The Hall–Kier alpha value is -1.50. The molecule has 2 amide bonds. The molecule has 0 aromatic heterocycles. The third-order valence-corrected chi connectivity index (χ3v) is 6.43. The van der Waals surface area contributed by atoms with Crippen LogP contribution in [0, 0.1) is 0 Å². The summed E-state index contributed by atoms with van der Waals surface area (Å²) in [6.45, 7) is 0.320. The van der Waals surface area contributed by atoms with E-state index in [0.29, 0.717) is 0 Å². The van der Waals surface area contributed by atoms with E-state index in [-0.39, 0.29) is 37.4 Å². The molecule has 10 nitrogen and oxygen atoms in total. The number of carboxylic acids is 2. The molecule has 0 spiro atoms. The summed E-state index contributed by atoms with van der Waals surface area (Å²) in [5.41, 5.74) is 0. The molecule has 12 heteroatoms. The lowest BCUT2D eigenvalue weighted by Crippen LogP contribution is -2.46. The molecule has 146 valence electrons. The predicted octanol–water partition coefficient (Wildman–Crippen LogP) is -1.54. The second-order valence-electron chi connectivity index (χ2n) is 5.98. The highest BCUT2D eigenvalue weighted by atomic mass is 33.1. The van der Waals surface area contributed by atoms with E-state index in [1.165, 1.54) is 0 Å². The molecule has 2 rings (SSSR count). The number of rotatable bonds is 7. The zero-order valence-electron chi connectivity index (χ0n) is 13.7. The van der Waals surface area contributed by atoms with Gasteiger partial charge in [-0.05, 0) is 12.8 Å². The number of hydrogen-bond acceptors (Lipinski definition) is 8. The van der Waals surface area contributed by atoms with E-state index in [1.807, 2.05) is 0 Å². The lowest BCUT2D eigenvalue weighted by Gasteiger charge is -2.23. The van der Waals surface area contributed by atoms with E-state index >= 15 is 0 Å². The molecule has 26 heavy (non-hydrogen) atoms. The van der Waals surface area contributed by atoms with Gasteiger partial charge >= 0.3 is 11.9 Å². The monoisotopic (exact) mass is 408 g/mol. The van der Waals surface area contributed by atoms with Crippen LogP contribution in [0.4, 0.5) is 0 Å². The van der Waals surface area contributed by atoms with E-state index < -0.39 is 48.0 Å². The Morgan fingerprint density at radius 1 is 0.769 bits per heavy atom. The summed E-state index contributed by atoms with van der Waals surface area (Å²) in [5, 5.41) is 37.4. The first-order valence-electron chi connectivity index (χ1n) is 7.89. The van der Waals surface area contributed by atoms with Crippen LogP contribution in [0.25, 0.3) is 0 Å². The molecule has 2 fully saturated rings. The molecule has 2 unspecified atom stereocenters. The van der Waals surface area contributed by atoms with Gasteiger partial charge in [-0.15, -0.1) is 0 Å². The summed E-state index contributed by atoms with van der Waals surface area (Å²) in [6, 6.07) is -2.51. The van der Waals surface area contributed by atoms with Gasteiger partial charge in [0.15, 0.2) is 12.1 Å². The number of amides is 2. The highest BCUT2D eigenvalue weighted by Gasteiger charge is 2.42. The number of carboxylic acid groups (broad SMARTS) is 2. The largest absolute Gasteiger partial charge is 0.480 e. The zero-order valence-corrected chi connectivity index (χ0v) is 15.3. The quantitative estimate of drug-likeness (QED) is 0.288. The summed E-state index contributed by atoms with van der Waals surface area (Å²) < 4.78 is 0. The van der Waals surface area contributed by atoms with Crippen molar-refractivity contribution in [3.63, 3.8) is 0 Å². The van der Waals surface area contributed by atoms with Gasteiger partial charge < -0.3 is 30.2 Å². The van der Waals surface area contributed by atoms with Gasteiger partial charge in [0.2, 0.25) is 11.8 Å². The van der Waals surface area contributed by atoms with E-state index in [0.717, 1.165) is 31.4 Å². The van der Waals surface area contributed by atoms with Crippen LogP contribution in [0.1, 0.15) is 12.8 Å². The fraction of sp³-hybridized carbons (Fsp3) is 0.714. The van der Waals surface area contributed by atoms with Gasteiger partial charge in [0.1, 0.15) is 0 Å². The number of likely N-dealkylation sites (tertiary alicyclic amines) is 2. The van der Waals surface area contributed by atoms with Gasteiger partial charge in [0, 0.05) is 13.1 Å². The Morgan fingerprint density at radius 3 is 1.42 bits per heavy atom.